The van der Waals surface area contributed by atoms with Gasteiger partial charge in [0.05, 0.1) is 16.8 Å². The maximum absolute atomic E-state index is 12.0. The molecule has 2 N–H and O–H groups in total. The molecule has 5 nitrogen and oxygen atoms in total. The van der Waals surface area contributed by atoms with Crippen LogP contribution in [0.5, 0.6) is 0 Å². The predicted octanol–water partition coefficient (Wildman–Crippen LogP) is 1.42. The van der Waals surface area contributed by atoms with Crippen molar-refractivity contribution < 1.29 is 14.6 Å². The number of carbonyl (C=O) groups is 1. The molecule has 0 aliphatic heterocycles. The number of amides is 1. The third kappa shape index (κ3) is 3.50. The van der Waals surface area contributed by atoms with Crippen molar-refractivity contribution in [3.05, 3.63) is 29.3 Å². The molecule has 0 aliphatic rings. The number of fused-ring (bicyclic) bond motifs is 1. The SMILES string of the molecule is COC[C@](C)(O)CNC(=O)c1nc2ccccc2s1. The van der Waals surface area contributed by atoms with E-state index in [1.165, 1.54) is 18.4 Å². The monoisotopic (exact) mass is 280 g/mol. The van der Waals surface area contributed by atoms with Gasteiger partial charge in [-0.2, -0.15) is 0 Å². The van der Waals surface area contributed by atoms with E-state index >= 15 is 0 Å². The number of hydrogen-bond acceptors (Lipinski definition) is 5. The van der Waals surface area contributed by atoms with Crippen LogP contribution in [0.4, 0.5) is 0 Å². The van der Waals surface area contributed by atoms with Crippen LogP contribution in [0.1, 0.15) is 16.7 Å². The highest BCUT2D eigenvalue weighted by molar-refractivity contribution is 7.20. The molecule has 19 heavy (non-hydrogen) atoms. The predicted molar refractivity (Wildman–Crippen MR) is 74.5 cm³/mol. The molecule has 0 radical (unpaired) electrons. The molecule has 102 valence electrons. The number of thiazole rings is 1. The van der Waals surface area contributed by atoms with Crippen LogP contribution >= 0.6 is 11.3 Å². The van der Waals surface area contributed by atoms with Gasteiger partial charge in [0.25, 0.3) is 5.91 Å². The molecular weight excluding hydrogens is 264 g/mol. The Hall–Kier alpha value is -1.50. The summed E-state index contributed by atoms with van der Waals surface area (Å²) >= 11 is 1.33. The fourth-order valence-corrected chi connectivity index (χ4v) is 2.56. The third-order valence-electron chi connectivity index (χ3n) is 2.57. The van der Waals surface area contributed by atoms with Gasteiger partial charge in [-0.15, -0.1) is 11.3 Å². The highest BCUT2D eigenvalue weighted by Crippen LogP contribution is 2.21. The van der Waals surface area contributed by atoms with Gasteiger partial charge in [0, 0.05) is 13.7 Å². The van der Waals surface area contributed by atoms with Crippen molar-refractivity contribution >= 4 is 27.5 Å². The Morgan fingerprint density at radius 3 is 2.95 bits per heavy atom. The van der Waals surface area contributed by atoms with Gasteiger partial charge < -0.3 is 15.2 Å². The van der Waals surface area contributed by atoms with Gasteiger partial charge in [-0.1, -0.05) is 12.1 Å². The molecule has 1 aromatic carbocycles. The number of ether oxygens (including phenoxy) is 1. The zero-order chi connectivity index (χ0) is 13.9. The first-order valence-electron chi connectivity index (χ1n) is 5.87. The van der Waals surface area contributed by atoms with E-state index in [9.17, 15) is 9.90 Å². The van der Waals surface area contributed by atoms with E-state index < -0.39 is 5.60 Å². The molecule has 6 heteroatoms. The number of para-hydroxylation sites is 1. The first-order chi connectivity index (χ1) is 9.02. The van der Waals surface area contributed by atoms with E-state index in [1.807, 2.05) is 24.3 Å². The second kappa shape index (κ2) is 5.64. The summed E-state index contributed by atoms with van der Waals surface area (Å²) in [5, 5.41) is 13.0. The Morgan fingerprint density at radius 2 is 2.26 bits per heavy atom. The molecule has 0 saturated heterocycles. The van der Waals surface area contributed by atoms with Crippen LogP contribution < -0.4 is 5.32 Å². The van der Waals surface area contributed by atoms with Crippen LogP contribution in [0, 0.1) is 0 Å². The van der Waals surface area contributed by atoms with Gasteiger partial charge in [0.15, 0.2) is 5.01 Å². The molecule has 0 bridgehead atoms. The van der Waals surface area contributed by atoms with Crippen molar-refractivity contribution in [2.75, 3.05) is 20.3 Å². The maximum atomic E-state index is 12.0. The molecule has 1 aromatic heterocycles. The van der Waals surface area contributed by atoms with Crippen molar-refractivity contribution in [2.24, 2.45) is 0 Å². The number of hydrogen-bond donors (Lipinski definition) is 2. The average molecular weight is 280 g/mol. The van der Waals surface area contributed by atoms with Crippen molar-refractivity contribution in [2.45, 2.75) is 12.5 Å². The Bertz CT molecular complexity index is 547. The van der Waals surface area contributed by atoms with Crippen molar-refractivity contribution in [3.8, 4) is 0 Å². The Labute approximate surface area is 115 Å². The lowest BCUT2D eigenvalue weighted by molar-refractivity contribution is -0.0147. The fourth-order valence-electron chi connectivity index (χ4n) is 1.68. The van der Waals surface area contributed by atoms with Gasteiger partial charge in [-0.05, 0) is 19.1 Å². The summed E-state index contributed by atoms with van der Waals surface area (Å²) in [4.78, 5) is 16.2. The lowest BCUT2D eigenvalue weighted by Gasteiger charge is -2.22. The van der Waals surface area contributed by atoms with Crippen LogP contribution in [-0.2, 0) is 4.74 Å². The summed E-state index contributed by atoms with van der Waals surface area (Å²) in [6.07, 6.45) is 0. The molecule has 2 aromatic rings. The molecular formula is C13H16N2O3S. The molecule has 0 saturated carbocycles. The quantitative estimate of drug-likeness (QED) is 0.869. The van der Waals surface area contributed by atoms with Crippen LogP contribution in [-0.4, -0.2) is 41.9 Å². The summed E-state index contributed by atoms with van der Waals surface area (Å²) < 4.78 is 5.85. The second-order valence-electron chi connectivity index (χ2n) is 4.60. The normalized spacial score (nSPS) is 14.3. The summed E-state index contributed by atoms with van der Waals surface area (Å²) in [6.45, 7) is 1.89. The van der Waals surface area contributed by atoms with E-state index in [1.54, 1.807) is 6.92 Å². The van der Waals surface area contributed by atoms with E-state index in [-0.39, 0.29) is 19.1 Å². The van der Waals surface area contributed by atoms with Crippen LogP contribution in [0.2, 0.25) is 0 Å². The van der Waals surface area contributed by atoms with Gasteiger partial charge in [0.2, 0.25) is 0 Å². The van der Waals surface area contributed by atoms with E-state index in [0.29, 0.717) is 5.01 Å². The smallest absolute Gasteiger partial charge is 0.280 e. The molecule has 1 atom stereocenters. The number of rotatable bonds is 5. The Kier molecular flexibility index (Phi) is 4.14. The summed E-state index contributed by atoms with van der Waals surface area (Å²) in [5.74, 6) is -0.280. The summed E-state index contributed by atoms with van der Waals surface area (Å²) in [5.41, 5.74) is -0.275. The minimum Gasteiger partial charge on any atom is -0.386 e. The van der Waals surface area contributed by atoms with Crippen LogP contribution in [0.15, 0.2) is 24.3 Å². The lowest BCUT2D eigenvalue weighted by atomic mass is 10.1. The van der Waals surface area contributed by atoms with E-state index in [2.05, 4.69) is 10.3 Å². The standard InChI is InChI=1S/C13H16N2O3S/c1-13(17,8-18-2)7-14-11(16)12-15-9-5-3-4-6-10(9)19-12/h3-6,17H,7-8H2,1-2H3,(H,14,16)/t13-/m1/s1. The third-order valence-corrected chi connectivity index (χ3v) is 3.61. The zero-order valence-electron chi connectivity index (χ0n) is 10.8. The fraction of sp³-hybridized carbons (Fsp3) is 0.385. The van der Waals surface area contributed by atoms with Crippen molar-refractivity contribution in [1.29, 1.82) is 0 Å². The molecule has 1 amide bonds. The number of benzene rings is 1. The summed E-state index contributed by atoms with van der Waals surface area (Å²) in [6, 6.07) is 7.58. The first kappa shape index (κ1) is 13.9. The van der Waals surface area contributed by atoms with Gasteiger partial charge in [-0.3, -0.25) is 4.79 Å². The minimum atomic E-state index is -1.08. The Morgan fingerprint density at radius 1 is 1.53 bits per heavy atom. The average Bonchev–Trinajstić information content (AvgIpc) is 2.79. The van der Waals surface area contributed by atoms with Gasteiger partial charge >= 0.3 is 0 Å². The van der Waals surface area contributed by atoms with Crippen molar-refractivity contribution in [1.82, 2.24) is 10.3 Å². The van der Waals surface area contributed by atoms with Crippen LogP contribution in [0.3, 0.4) is 0 Å². The van der Waals surface area contributed by atoms with Gasteiger partial charge in [0.1, 0.15) is 5.60 Å². The number of aromatic nitrogens is 1. The molecule has 1 heterocycles. The number of nitrogens with zero attached hydrogens (tertiary/aromatic N) is 1. The zero-order valence-corrected chi connectivity index (χ0v) is 11.7. The largest absolute Gasteiger partial charge is 0.386 e. The highest BCUT2D eigenvalue weighted by Gasteiger charge is 2.22. The summed E-state index contributed by atoms with van der Waals surface area (Å²) in [7, 11) is 1.50. The number of aliphatic hydroxyl groups is 1. The minimum absolute atomic E-state index is 0.121. The first-order valence-corrected chi connectivity index (χ1v) is 6.68. The molecule has 0 unspecified atom stereocenters. The molecule has 0 aliphatic carbocycles. The molecule has 2 rings (SSSR count). The number of nitrogens with one attached hydrogen (secondary N) is 1. The van der Waals surface area contributed by atoms with Gasteiger partial charge in [-0.25, -0.2) is 4.98 Å². The number of methoxy groups -OCH3 is 1. The topological polar surface area (TPSA) is 71.5 Å². The highest BCUT2D eigenvalue weighted by atomic mass is 32.1. The van der Waals surface area contributed by atoms with Crippen molar-refractivity contribution in [3.63, 3.8) is 0 Å². The van der Waals surface area contributed by atoms with E-state index in [4.69, 9.17) is 4.74 Å². The second-order valence-corrected chi connectivity index (χ2v) is 5.63. The molecule has 0 fully saturated rings. The molecule has 0 spiro atoms. The Balaban J connectivity index is 2.04. The van der Waals surface area contributed by atoms with E-state index in [0.717, 1.165) is 10.2 Å². The maximum Gasteiger partial charge on any atom is 0.280 e. The lowest BCUT2D eigenvalue weighted by Crippen LogP contribution is -2.43. The van der Waals surface area contributed by atoms with Crippen LogP contribution in [0.25, 0.3) is 10.2 Å². The number of carbonyl (C=O) groups excluding carboxylic acids is 1.